The second kappa shape index (κ2) is 16.2. The van der Waals surface area contributed by atoms with E-state index >= 15 is 0 Å². The Kier molecular flexibility index (Phi) is 11.8. The van der Waals surface area contributed by atoms with E-state index in [0.29, 0.717) is 59.9 Å². The third-order valence-electron chi connectivity index (χ3n) is 7.34. The van der Waals surface area contributed by atoms with Crippen molar-refractivity contribution < 1.29 is 28.8 Å². The van der Waals surface area contributed by atoms with Gasteiger partial charge in [0.15, 0.2) is 11.6 Å². The average molecular weight is 615 g/mol. The lowest BCUT2D eigenvalue weighted by Crippen LogP contribution is -2.53. The number of hydrogen-bond donors (Lipinski definition) is 3. The van der Waals surface area contributed by atoms with Gasteiger partial charge in [0.25, 0.3) is 5.91 Å². The number of aliphatic hydroxyl groups excluding tert-OH is 1. The lowest BCUT2D eigenvalue weighted by molar-refractivity contribution is -0.129. The van der Waals surface area contributed by atoms with Crippen molar-refractivity contribution >= 4 is 11.8 Å². The van der Waals surface area contributed by atoms with Crippen molar-refractivity contribution in [3.8, 4) is 17.2 Å². The minimum atomic E-state index is -1.43. The first-order valence-corrected chi connectivity index (χ1v) is 14.5. The molecule has 12 nitrogen and oxygen atoms in total. The summed E-state index contributed by atoms with van der Waals surface area (Å²) in [5, 5.41) is 12.8. The van der Waals surface area contributed by atoms with Crippen molar-refractivity contribution in [3.63, 3.8) is 0 Å². The van der Waals surface area contributed by atoms with Gasteiger partial charge in [-0.1, -0.05) is 35.5 Å². The van der Waals surface area contributed by atoms with Crippen LogP contribution >= 0.6 is 0 Å². The summed E-state index contributed by atoms with van der Waals surface area (Å²) in [7, 11) is 3.21. The molecule has 0 saturated heterocycles. The molecule has 0 unspecified atom stereocenters. The van der Waals surface area contributed by atoms with Gasteiger partial charge < -0.3 is 24.1 Å². The number of hydrazine groups is 1. The van der Waals surface area contributed by atoms with Crippen LogP contribution in [0.15, 0.2) is 89.5 Å². The molecule has 45 heavy (non-hydrogen) atoms. The van der Waals surface area contributed by atoms with Crippen molar-refractivity contribution in [2.75, 3.05) is 34.0 Å². The van der Waals surface area contributed by atoms with Gasteiger partial charge in [0, 0.05) is 36.5 Å². The maximum atomic E-state index is 14.1. The molecule has 3 N–H and O–H groups in total. The minimum Gasteiger partial charge on any atom is -0.497 e. The van der Waals surface area contributed by atoms with E-state index in [1.165, 1.54) is 0 Å². The molecule has 0 spiro atoms. The lowest BCUT2D eigenvalue weighted by atomic mass is 9.83. The van der Waals surface area contributed by atoms with Gasteiger partial charge in [0.2, 0.25) is 5.90 Å². The van der Waals surface area contributed by atoms with Crippen molar-refractivity contribution in [1.29, 1.82) is 0 Å². The lowest BCUT2D eigenvalue weighted by Gasteiger charge is -2.30. The maximum absolute atomic E-state index is 14.1. The number of amides is 1. The maximum Gasteiger partial charge on any atom is 0.266 e. The summed E-state index contributed by atoms with van der Waals surface area (Å²) < 4.78 is 23.0. The first-order valence-electron chi connectivity index (χ1n) is 14.5. The number of hydrogen-bond acceptors (Lipinski definition) is 9. The zero-order chi connectivity index (χ0) is 32.1. The molecular weight excluding hydrogens is 576 g/mol. The Morgan fingerprint density at radius 2 is 1.91 bits per heavy atom. The van der Waals surface area contributed by atoms with Gasteiger partial charge in [-0.15, -0.1) is 6.58 Å². The fourth-order valence-electron chi connectivity index (χ4n) is 5.08. The molecule has 1 aliphatic heterocycles. The number of aliphatic imine (C=N–C) groups is 1. The number of nitrogens with one attached hydrogen (secondary N) is 2. The fourth-order valence-corrected chi connectivity index (χ4v) is 5.08. The molecule has 236 valence electrons. The predicted molar refractivity (Wildman–Crippen MR) is 170 cm³/mol. The molecular formula is C33H38N6O6. The predicted octanol–water partition coefficient (Wildman–Crippen LogP) is 4.97. The Labute approximate surface area is 262 Å². The molecule has 1 aliphatic rings. The highest BCUT2D eigenvalue weighted by Crippen LogP contribution is 2.44. The van der Waals surface area contributed by atoms with Crippen LogP contribution in [-0.4, -0.2) is 56.4 Å². The van der Waals surface area contributed by atoms with Crippen LogP contribution in [0.2, 0.25) is 0 Å². The Hall–Kier alpha value is -5.03. The van der Waals surface area contributed by atoms with Crippen LogP contribution in [0.4, 0.5) is 0 Å². The van der Waals surface area contributed by atoms with Crippen LogP contribution < -0.4 is 25.1 Å². The van der Waals surface area contributed by atoms with Crippen LogP contribution in [0, 0.1) is 0 Å². The zero-order valence-corrected chi connectivity index (χ0v) is 25.4. The van der Waals surface area contributed by atoms with E-state index in [9.17, 15) is 4.79 Å². The van der Waals surface area contributed by atoms with Crippen LogP contribution in [0.1, 0.15) is 41.2 Å². The van der Waals surface area contributed by atoms with Gasteiger partial charge in [-0.2, -0.15) is 0 Å². The van der Waals surface area contributed by atoms with Crippen LogP contribution in [0.3, 0.4) is 0 Å². The van der Waals surface area contributed by atoms with Crippen molar-refractivity contribution in [3.05, 3.63) is 112 Å². The topological polar surface area (TPSA) is 159 Å². The van der Waals surface area contributed by atoms with E-state index in [4.69, 9.17) is 34.6 Å². The van der Waals surface area contributed by atoms with E-state index < -0.39 is 17.6 Å². The summed E-state index contributed by atoms with van der Waals surface area (Å²) in [6.07, 6.45) is 2.02. The monoisotopic (exact) mass is 614 g/mol. The number of carbonyl (C=O) groups is 1. The number of aliphatic hydroxyl groups is 1. The smallest absolute Gasteiger partial charge is 0.266 e. The highest BCUT2D eigenvalue weighted by molar-refractivity contribution is 6.01. The van der Waals surface area contributed by atoms with Crippen LogP contribution in [0.25, 0.3) is 10.4 Å². The van der Waals surface area contributed by atoms with Gasteiger partial charge >= 0.3 is 0 Å². The van der Waals surface area contributed by atoms with Gasteiger partial charge in [-0.05, 0) is 71.1 Å². The van der Waals surface area contributed by atoms with Crippen LogP contribution in [0.5, 0.6) is 17.2 Å². The fraction of sp³-hybridized carbons (Fsp3) is 0.333. The molecule has 1 heterocycles. The Morgan fingerprint density at radius 3 is 2.62 bits per heavy atom. The van der Waals surface area contributed by atoms with Crippen molar-refractivity contribution in [1.82, 2.24) is 10.9 Å². The van der Waals surface area contributed by atoms with E-state index in [2.05, 4.69) is 27.5 Å². The van der Waals surface area contributed by atoms with E-state index in [1.807, 2.05) is 42.5 Å². The first-order chi connectivity index (χ1) is 22.0. The van der Waals surface area contributed by atoms with Gasteiger partial charge in [-0.3, -0.25) is 10.2 Å². The summed E-state index contributed by atoms with van der Waals surface area (Å²) in [6.45, 7) is 4.82. The third-order valence-corrected chi connectivity index (χ3v) is 7.34. The van der Waals surface area contributed by atoms with E-state index in [-0.39, 0.29) is 25.5 Å². The number of azide groups is 1. The molecule has 0 aromatic heterocycles. The minimum absolute atomic E-state index is 0.0444. The Bertz CT molecular complexity index is 1540. The molecule has 0 saturated carbocycles. The average Bonchev–Trinajstić information content (AvgIpc) is 3.46. The normalized spacial score (nSPS) is 17.0. The highest BCUT2D eigenvalue weighted by atomic mass is 16.5. The zero-order valence-electron chi connectivity index (χ0n) is 25.4. The standard InChI is InChI=1S/C33H38N6O6/c1-4-17-33(32(41)38-35-18-16-24-21-27(42-2)14-15-29(24)43-3)30(28-9-6-5-8-25(28)22-36-39-34)45-31(37-33)23-10-12-26(13-11-23)44-20-7-19-40/h4-6,8-15,21,30,35,40H,1,7,16-20,22H2,2-3H3,(H,38,41)/t30-,33-/m0/s1. The number of rotatable bonds is 17. The van der Waals surface area contributed by atoms with Crippen molar-refractivity contribution in [2.24, 2.45) is 10.1 Å². The molecule has 0 radical (unpaired) electrons. The van der Waals surface area contributed by atoms with E-state index in [1.54, 1.807) is 44.6 Å². The van der Waals surface area contributed by atoms with Crippen molar-refractivity contribution in [2.45, 2.75) is 37.5 Å². The second-order valence-corrected chi connectivity index (χ2v) is 10.2. The summed E-state index contributed by atoms with van der Waals surface area (Å²) in [4.78, 5) is 21.9. The highest BCUT2D eigenvalue weighted by Gasteiger charge is 2.53. The largest absolute Gasteiger partial charge is 0.497 e. The van der Waals surface area contributed by atoms with Gasteiger partial charge in [-0.25, -0.2) is 10.4 Å². The summed E-state index contributed by atoms with van der Waals surface area (Å²) in [5.74, 6) is 1.92. The second-order valence-electron chi connectivity index (χ2n) is 10.2. The summed E-state index contributed by atoms with van der Waals surface area (Å²) in [6, 6.07) is 20.1. The first kappa shape index (κ1) is 32.9. The summed E-state index contributed by atoms with van der Waals surface area (Å²) >= 11 is 0. The molecule has 3 aromatic rings. The molecule has 1 amide bonds. The summed E-state index contributed by atoms with van der Waals surface area (Å²) in [5.41, 5.74) is 16.4. The SMILES string of the molecule is C=CC[C@]1(C(=O)NNCCc2cc(OC)ccc2OC)N=C(c2ccc(OCCCO)cc2)O[C@H]1c1ccccc1CN=[N+]=[N-]. The number of nitrogens with zero attached hydrogens (tertiary/aromatic N) is 4. The third kappa shape index (κ3) is 7.93. The molecule has 3 aromatic carbocycles. The van der Waals surface area contributed by atoms with Crippen LogP contribution in [-0.2, 0) is 22.5 Å². The molecule has 12 heteroatoms. The number of methoxy groups -OCH3 is 2. The molecule has 0 fully saturated rings. The molecule has 0 bridgehead atoms. The van der Waals surface area contributed by atoms with Gasteiger partial charge in [0.05, 0.1) is 27.4 Å². The number of benzene rings is 3. The molecule has 0 aliphatic carbocycles. The van der Waals surface area contributed by atoms with Gasteiger partial charge in [0.1, 0.15) is 17.2 Å². The van der Waals surface area contributed by atoms with E-state index in [0.717, 1.165) is 5.56 Å². The Morgan fingerprint density at radius 1 is 1.13 bits per heavy atom. The quantitative estimate of drug-likeness (QED) is 0.0483. The Balaban J connectivity index is 1.62. The number of carbonyl (C=O) groups excluding carboxylic acids is 1. The number of ether oxygens (including phenoxy) is 4. The molecule has 4 rings (SSSR count). The molecule has 2 atom stereocenters.